The molecule has 0 unspecified atom stereocenters. The van der Waals surface area contributed by atoms with Gasteiger partial charge in [0.25, 0.3) is 11.5 Å². The van der Waals surface area contributed by atoms with E-state index in [-0.39, 0.29) is 11.5 Å². The SMILES string of the molecule is Cc1ccc(C)c(N2CCN(C(=O)CCc3csc(NC(=O)c4ccc[nH]c4=O)n3)CC2)c1. The third-order valence-corrected chi connectivity index (χ3v) is 6.57. The topological polar surface area (TPSA) is 98.4 Å². The molecular formula is C24H27N5O3S. The average Bonchev–Trinajstić information content (AvgIpc) is 3.26. The molecule has 2 amide bonds. The van der Waals surface area contributed by atoms with Crippen LogP contribution in [0.2, 0.25) is 0 Å². The van der Waals surface area contributed by atoms with Crippen molar-refractivity contribution in [2.24, 2.45) is 0 Å². The molecule has 3 aromatic rings. The fourth-order valence-corrected chi connectivity index (χ4v) is 4.63. The summed E-state index contributed by atoms with van der Waals surface area (Å²) in [6, 6.07) is 9.53. The van der Waals surface area contributed by atoms with Crippen LogP contribution < -0.4 is 15.8 Å². The highest BCUT2D eigenvalue weighted by atomic mass is 32.1. The Morgan fingerprint density at radius 1 is 1.15 bits per heavy atom. The molecule has 33 heavy (non-hydrogen) atoms. The molecule has 0 atom stereocenters. The number of aromatic nitrogens is 2. The van der Waals surface area contributed by atoms with Gasteiger partial charge < -0.3 is 14.8 Å². The normalized spacial score (nSPS) is 13.8. The minimum atomic E-state index is -0.504. The Morgan fingerprint density at radius 3 is 2.70 bits per heavy atom. The highest BCUT2D eigenvalue weighted by Gasteiger charge is 2.22. The highest BCUT2D eigenvalue weighted by Crippen LogP contribution is 2.23. The Bertz CT molecular complexity index is 1210. The lowest BCUT2D eigenvalue weighted by Crippen LogP contribution is -2.49. The summed E-state index contributed by atoms with van der Waals surface area (Å²) in [5.41, 5.74) is 4.07. The number of amides is 2. The lowest BCUT2D eigenvalue weighted by molar-refractivity contribution is -0.131. The molecule has 0 radical (unpaired) electrons. The summed E-state index contributed by atoms with van der Waals surface area (Å²) < 4.78 is 0. The number of hydrogen-bond donors (Lipinski definition) is 2. The van der Waals surface area contributed by atoms with Crippen LogP contribution in [0.25, 0.3) is 0 Å². The third kappa shape index (κ3) is 5.48. The van der Waals surface area contributed by atoms with Gasteiger partial charge in [0.2, 0.25) is 5.91 Å². The van der Waals surface area contributed by atoms with E-state index >= 15 is 0 Å². The van der Waals surface area contributed by atoms with E-state index < -0.39 is 11.5 Å². The van der Waals surface area contributed by atoms with E-state index in [2.05, 4.69) is 52.2 Å². The molecule has 2 N–H and O–H groups in total. The summed E-state index contributed by atoms with van der Waals surface area (Å²) in [6.07, 6.45) is 2.36. The molecule has 0 spiro atoms. The first-order valence-corrected chi connectivity index (χ1v) is 11.8. The molecule has 1 aromatic carbocycles. The van der Waals surface area contributed by atoms with Crippen molar-refractivity contribution in [1.82, 2.24) is 14.9 Å². The van der Waals surface area contributed by atoms with Crippen LogP contribution in [0.1, 0.15) is 33.6 Å². The quantitative estimate of drug-likeness (QED) is 0.583. The van der Waals surface area contributed by atoms with Crippen molar-refractivity contribution in [3.8, 4) is 0 Å². The molecule has 1 fully saturated rings. The first kappa shape index (κ1) is 22.7. The van der Waals surface area contributed by atoms with Crippen LogP contribution in [0.4, 0.5) is 10.8 Å². The van der Waals surface area contributed by atoms with E-state index in [0.717, 1.165) is 18.8 Å². The minimum absolute atomic E-state index is 0.0319. The summed E-state index contributed by atoms with van der Waals surface area (Å²) in [5.74, 6) is -0.388. The monoisotopic (exact) mass is 465 g/mol. The van der Waals surface area contributed by atoms with Crippen molar-refractivity contribution in [3.05, 3.63) is 74.6 Å². The molecule has 1 aliphatic heterocycles. The van der Waals surface area contributed by atoms with Gasteiger partial charge in [-0.1, -0.05) is 12.1 Å². The maximum Gasteiger partial charge on any atom is 0.263 e. The van der Waals surface area contributed by atoms with E-state index in [1.807, 2.05) is 10.3 Å². The molecule has 1 saturated heterocycles. The first-order chi connectivity index (χ1) is 15.9. The molecular weight excluding hydrogens is 438 g/mol. The molecule has 1 aliphatic rings. The van der Waals surface area contributed by atoms with Gasteiger partial charge in [-0.3, -0.25) is 19.7 Å². The van der Waals surface area contributed by atoms with Crippen LogP contribution in [-0.2, 0) is 11.2 Å². The minimum Gasteiger partial charge on any atom is -0.368 e. The number of piperazine rings is 1. The summed E-state index contributed by atoms with van der Waals surface area (Å²) >= 11 is 1.28. The van der Waals surface area contributed by atoms with Crippen LogP contribution in [0.3, 0.4) is 0 Å². The van der Waals surface area contributed by atoms with E-state index in [1.165, 1.54) is 40.4 Å². The Kier molecular flexibility index (Phi) is 6.88. The van der Waals surface area contributed by atoms with Crippen molar-refractivity contribution >= 4 is 34.0 Å². The molecule has 0 saturated carbocycles. The number of aromatic amines is 1. The summed E-state index contributed by atoms with van der Waals surface area (Å²) in [7, 11) is 0. The molecule has 2 aromatic heterocycles. The average molecular weight is 466 g/mol. The van der Waals surface area contributed by atoms with Gasteiger partial charge in [-0.25, -0.2) is 4.98 Å². The smallest absolute Gasteiger partial charge is 0.263 e. The lowest BCUT2D eigenvalue weighted by Gasteiger charge is -2.37. The number of aryl methyl sites for hydroxylation is 3. The number of carbonyl (C=O) groups excluding carboxylic acids is 2. The van der Waals surface area contributed by atoms with Crippen LogP contribution in [-0.4, -0.2) is 52.9 Å². The third-order valence-electron chi connectivity index (χ3n) is 5.77. The Labute approximate surface area is 196 Å². The zero-order valence-corrected chi connectivity index (χ0v) is 19.6. The van der Waals surface area contributed by atoms with Crippen molar-refractivity contribution in [2.45, 2.75) is 26.7 Å². The predicted octanol–water partition coefficient (Wildman–Crippen LogP) is 2.98. The van der Waals surface area contributed by atoms with Gasteiger partial charge in [0.05, 0.1) is 5.69 Å². The summed E-state index contributed by atoms with van der Waals surface area (Å²) in [5, 5.41) is 4.89. The maximum atomic E-state index is 12.7. The Hall–Kier alpha value is -3.46. The van der Waals surface area contributed by atoms with Gasteiger partial charge in [-0.15, -0.1) is 11.3 Å². The molecule has 172 valence electrons. The maximum absolute atomic E-state index is 12.7. The van der Waals surface area contributed by atoms with Crippen LogP contribution in [0, 0.1) is 13.8 Å². The number of hydrogen-bond acceptors (Lipinski definition) is 6. The van der Waals surface area contributed by atoms with Gasteiger partial charge in [0, 0.05) is 49.9 Å². The van der Waals surface area contributed by atoms with E-state index in [0.29, 0.717) is 31.1 Å². The Morgan fingerprint density at radius 2 is 1.94 bits per heavy atom. The lowest BCUT2D eigenvalue weighted by atomic mass is 10.1. The van der Waals surface area contributed by atoms with E-state index in [9.17, 15) is 14.4 Å². The second kappa shape index (κ2) is 9.99. The number of nitrogens with one attached hydrogen (secondary N) is 2. The molecule has 4 rings (SSSR count). The van der Waals surface area contributed by atoms with E-state index in [4.69, 9.17) is 0 Å². The van der Waals surface area contributed by atoms with Gasteiger partial charge in [0.1, 0.15) is 5.56 Å². The van der Waals surface area contributed by atoms with Gasteiger partial charge in [-0.2, -0.15) is 0 Å². The molecule has 8 nitrogen and oxygen atoms in total. The van der Waals surface area contributed by atoms with Crippen LogP contribution in [0.15, 0.2) is 46.7 Å². The number of pyridine rings is 1. The van der Waals surface area contributed by atoms with Crippen molar-refractivity contribution in [3.63, 3.8) is 0 Å². The number of rotatable bonds is 6. The standard InChI is InChI=1S/C24H27N5O3S/c1-16-5-6-17(2)20(14-16)28-10-12-29(13-11-28)21(30)8-7-18-15-33-24(26-18)27-23(32)19-4-3-9-25-22(19)31/h3-6,9,14-15H,7-8,10-13H2,1-2H3,(H,25,31)(H,26,27,32). The molecule has 0 bridgehead atoms. The summed E-state index contributed by atoms with van der Waals surface area (Å²) in [4.78, 5) is 47.8. The van der Waals surface area contributed by atoms with E-state index in [1.54, 1.807) is 6.07 Å². The van der Waals surface area contributed by atoms with Gasteiger partial charge >= 0.3 is 0 Å². The molecule has 0 aliphatic carbocycles. The highest BCUT2D eigenvalue weighted by molar-refractivity contribution is 7.14. The van der Waals surface area contributed by atoms with Crippen molar-refractivity contribution in [2.75, 3.05) is 36.4 Å². The number of thiazole rings is 1. The zero-order chi connectivity index (χ0) is 23.4. The molecule has 9 heteroatoms. The van der Waals surface area contributed by atoms with Gasteiger partial charge in [0.15, 0.2) is 5.13 Å². The first-order valence-electron chi connectivity index (χ1n) is 10.9. The fraction of sp³-hybridized carbons (Fsp3) is 0.333. The van der Waals surface area contributed by atoms with Crippen molar-refractivity contribution in [1.29, 1.82) is 0 Å². The van der Waals surface area contributed by atoms with Gasteiger partial charge in [-0.05, 0) is 49.6 Å². The number of anilines is 2. The second-order valence-electron chi connectivity index (χ2n) is 8.17. The van der Waals surface area contributed by atoms with Crippen LogP contribution in [0.5, 0.6) is 0 Å². The Balaban J connectivity index is 1.26. The van der Waals surface area contributed by atoms with Crippen molar-refractivity contribution < 1.29 is 9.59 Å². The molecule has 3 heterocycles. The second-order valence-corrected chi connectivity index (χ2v) is 9.03. The van der Waals surface area contributed by atoms with Crippen LogP contribution >= 0.6 is 11.3 Å². The number of H-pyrrole nitrogens is 1. The zero-order valence-electron chi connectivity index (χ0n) is 18.8. The predicted molar refractivity (Wildman–Crippen MR) is 130 cm³/mol. The number of carbonyl (C=O) groups is 2. The summed E-state index contributed by atoms with van der Waals surface area (Å²) in [6.45, 7) is 7.27. The largest absolute Gasteiger partial charge is 0.368 e. The number of nitrogens with zero attached hydrogens (tertiary/aromatic N) is 3. The number of benzene rings is 1. The fourth-order valence-electron chi connectivity index (χ4n) is 3.89.